The van der Waals surface area contributed by atoms with Crippen molar-refractivity contribution >= 4 is 0 Å². The molecule has 0 saturated carbocycles. The predicted molar refractivity (Wildman–Crippen MR) is 46.4 cm³/mol. The zero-order valence-corrected chi connectivity index (χ0v) is 9.41. The van der Waals surface area contributed by atoms with E-state index in [1.165, 1.54) is 3.88 Å². The first-order chi connectivity index (χ1) is 4.94. The fourth-order valence-corrected chi connectivity index (χ4v) is 3.93. The van der Waals surface area contributed by atoms with Crippen LogP contribution in [0.5, 0.6) is 0 Å². The standard InChI is InChI=1S/C5H5.CH3O.3CH3.Ti/c1-2-4-5-3-1;1-2;;;;/h1-3H,4H2;1H3;3*1H3;/q;-1;;;;+1. The Morgan fingerprint density at radius 3 is 2.36 bits per heavy atom. The Kier molecular flexibility index (Phi) is 2.17. The van der Waals surface area contributed by atoms with Crippen LogP contribution in [0.25, 0.3) is 0 Å². The van der Waals surface area contributed by atoms with Gasteiger partial charge < -0.3 is 0 Å². The Morgan fingerprint density at radius 2 is 2.00 bits per heavy atom. The Labute approximate surface area is 70.5 Å². The quantitative estimate of drug-likeness (QED) is 0.606. The molecule has 0 fully saturated rings. The molecule has 0 saturated heterocycles. The molecule has 1 aliphatic rings. The summed E-state index contributed by atoms with van der Waals surface area (Å²) in [5, 5.41) is 6.90. The van der Waals surface area contributed by atoms with Crippen molar-refractivity contribution in [2.75, 3.05) is 7.11 Å². The summed E-state index contributed by atoms with van der Waals surface area (Å²) in [6, 6.07) is 0. The van der Waals surface area contributed by atoms with Crippen LogP contribution in [0.3, 0.4) is 0 Å². The van der Waals surface area contributed by atoms with E-state index in [0.717, 1.165) is 6.42 Å². The molecule has 1 nitrogen and oxygen atoms in total. The SMILES string of the molecule is C[O][Ti]([CH3])([CH3])([CH3])[C]1=CC=CC1. The molecule has 63 valence electrons. The van der Waals surface area contributed by atoms with Gasteiger partial charge in [0.05, 0.1) is 0 Å². The summed E-state index contributed by atoms with van der Waals surface area (Å²) in [5.74, 6) is 0. The molecule has 0 radical (unpaired) electrons. The van der Waals surface area contributed by atoms with Crippen LogP contribution in [0.2, 0.25) is 15.7 Å². The molecule has 0 heterocycles. The molecule has 11 heavy (non-hydrogen) atoms. The van der Waals surface area contributed by atoms with E-state index in [-0.39, 0.29) is 0 Å². The van der Waals surface area contributed by atoms with Gasteiger partial charge in [0, 0.05) is 0 Å². The minimum absolute atomic E-state index is 1.11. The van der Waals surface area contributed by atoms with E-state index >= 15 is 0 Å². The van der Waals surface area contributed by atoms with Gasteiger partial charge in [-0.05, 0) is 0 Å². The van der Waals surface area contributed by atoms with E-state index in [4.69, 9.17) is 3.32 Å². The van der Waals surface area contributed by atoms with Gasteiger partial charge in [-0.1, -0.05) is 0 Å². The van der Waals surface area contributed by atoms with E-state index in [2.05, 4.69) is 33.9 Å². The minimum atomic E-state index is -2.57. The molecule has 0 spiro atoms. The molecule has 0 aromatic rings. The third kappa shape index (κ3) is 1.84. The molecule has 0 aromatic carbocycles. The fraction of sp³-hybridized carbons (Fsp3) is 0.556. The van der Waals surface area contributed by atoms with Gasteiger partial charge in [0.15, 0.2) is 0 Å². The van der Waals surface area contributed by atoms with Gasteiger partial charge in [0.25, 0.3) is 0 Å². The Balaban J connectivity index is 2.89. The van der Waals surface area contributed by atoms with Gasteiger partial charge >= 0.3 is 70.3 Å². The van der Waals surface area contributed by atoms with Crippen molar-refractivity contribution < 1.29 is 19.0 Å². The zero-order chi connectivity index (χ0) is 8.56. The molecular formula is C9H17OTi. The normalized spacial score (nSPS) is 21.1. The third-order valence-corrected chi connectivity index (χ3v) is 8.81. The maximum atomic E-state index is 5.69. The first kappa shape index (κ1) is 9.24. The number of hydrogen-bond donors (Lipinski definition) is 0. The molecule has 0 amide bonds. The van der Waals surface area contributed by atoms with Crippen LogP contribution in [0, 0.1) is 0 Å². The summed E-state index contributed by atoms with van der Waals surface area (Å²) in [7, 11) is 1.84. The van der Waals surface area contributed by atoms with Crippen molar-refractivity contribution in [3.8, 4) is 0 Å². The van der Waals surface area contributed by atoms with Gasteiger partial charge in [-0.2, -0.15) is 0 Å². The second kappa shape index (κ2) is 2.58. The summed E-state index contributed by atoms with van der Waals surface area (Å²) < 4.78 is 7.22. The number of allylic oxidation sites excluding steroid dienone is 4. The second-order valence-electron chi connectivity index (χ2n) is 4.49. The summed E-state index contributed by atoms with van der Waals surface area (Å²) in [5.41, 5.74) is 0. The monoisotopic (exact) mass is 189 g/mol. The van der Waals surface area contributed by atoms with E-state index in [0.29, 0.717) is 0 Å². The van der Waals surface area contributed by atoms with Crippen LogP contribution in [-0.4, -0.2) is 7.11 Å². The van der Waals surface area contributed by atoms with Gasteiger partial charge in [0.2, 0.25) is 0 Å². The molecule has 0 aromatic heterocycles. The number of hydrogen-bond acceptors (Lipinski definition) is 1. The molecule has 0 atom stereocenters. The van der Waals surface area contributed by atoms with Crippen LogP contribution in [0.15, 0.2) is 22.1 Å². The summed E-state index contributed by atoms with van der Waals surface area (Å²) in [4.78, 5) is 0. The second-order valence-corrected chi connectivity index (χ2v) is 15.4. The summed E-state index contributed by atoms with van der Waals surface area (Å²) >= 11 is -2.57. The van der Waals surface area contributed by atoms with E-state index in [1.54, 1.807) is 0 Å². The Morgan fingerprint density at radius 1 is 1.36 bits per heavy atom. The summed E-state index contributed by atoms with van der Waals surface area (Å²) in [6.07, 6.45) is 7.66. The predicted octanol–water partition coefficient (Wildman–Crippen LogP) is 3.23. The van der Waals surface area contributed by atoms with Gasteiger partial charge in [0.1, 0.15) is 0 Å². The maximum absolute atomic E-state index is 5.69. The van der Waals surface area contributed by atoms with E-state index in [1.807, 2.05) is 7.11 Å². The van der Waals surface area contributed by atoms with Crippen LogP contribution in [0.1, 0.15) is 6.42 Å². The van der Waals surface area contributed by atoms with Crippen molar-refractivity contribution in [1.29, 1.82) is 0 Å². The molecule has 0 bridgehead atoms. The van der Waals surface area contributed by atoms with Crippen molar-refractivity contribution in [3.63, 3.8) is 0 Å². The van der Waals surface area contributed by atoms with Crippen molar-refractivity contribution in [2.45, 2.75) is 22.1 Å². The van der Waals surface area contributed by atoms with E-state index < -0.39 is 15.7 Å². The average molecular weight is 189 g/mol. The van der Waals surface area contributed by atoms with Crippen molar-refractivity contribution in [3.05, 3.63) is 22.1 Å². The fourth-order valence-electron chi connectivity index (χ4n) is 1.21. The first-order valence-corrected chi connectivity index (χ1v) is 10.2. The Bertz CT molecular complexity index is 217. The van der Waals surface area contributed by atoms with Gasteiger partial charge in [-0.15, -0.1) is 0 Å². The van der Waals surface area contributed by atoms with Crippen LogP contribution >= 0.6 is 0 Å². The van der Waals surface area contributed by atoms with Crippen LogP contribution < -0.4 is 0 Å². The van der Waals surface area contributed by atoms with Crippen LogP contribution in [-0.2, 0) is 19.0 Å². The molecular weight excluding hydrogens is 172 g/mol. The molecule has 1 rings (SSSR count). The first-order valence-electron chi connectivity index (χ1n) is 4.08. The zero-order valence-electron chi connectivity index (χ0n) is 7.85. The van der Waals surface area contributed by atoms with Crippen molar-refractivity contribution in [2.24, 2.45) is 0 Å². The van der Waals surface area contributed by atoms with Gasteiger partial charge in [-0.3, -0.25) is 0 Å². The molecule has 2 heteroatoms. The van der Waals surface area contributed by atoms with Crippen LogP contribution in [0.4, 0.5) is 0 Å². The van der Waals surface area contributed by atoms with Gasteiger partial charge in [-0.25, -0.2) is 0 Å². The third-order valence-electron chi connectivity index (χ3n) is 2.58. The average Bonchev–Trinajstić information content (AvgIpc) is 2.38. The number of rotatable bonds is 2. The van der Waals surface area contributed by atoms with Crippen molar-refractivity contribution in [1.82, 2.24) is 0 Å². The topological polar surface area (TPSA) is 9.23 Å². The molecule has 0 N–H and O–H groups in total. The molecule has 0 unspecified atom stereocenters. The van der Waals surface area contributed by atoms with E-state index in [9.17, 15) is 0 Å². The Hall–Kier alpha value is 0.154. The molecule has 0 aliphatic heterocycles. The summed E-state index contributed by atoms with van der Waals surface area (Å²) in [6.45, 7) is 0. The molecule has 1 aliphatic carbocycles.